The molecule has 130 valence electrons. The Morgan fingerprint density at radius 2 is 1.38 bits per heavy atom. The van der Waals surface area contributed by atoms with Crippen molar-refractivity contribution in [3.05, 3.63) is 35.4 Å². The number of fused-ring (bicyclic) bond motifs is 1. The number of amides is 2. The highest BCUT2D eigenvalue weighted by Gasteiger charge is 2.38. The van der Waals surface area contributed by atoms with E-state index in [4.69, 9.17) is 9.94 Å². The van der Waals surface area contributed by atoms with Gasteiger partial charge in [-0.2, -0.15) is 0 Å². The first kappa shape index (κ1) is 18.1. The fourth-order valence-corrected chi connectivity index (χ4v) is 2.66. The van der Waals surface area contributed by atoms with Crippen LogP contribution in [0, 0.1) is 0 Å². The van der Waals surface area contributed by atoms with E-state index in [1.807, 2.05) is 0 Å². The van der Waals surface area contributed by atoms with Gasteiger partial charge in [0.2, 0.25) is 0 Å². The first-order valence-corrected chi connectivity index (χ1v) is 8.44. The minimum absolute atomic E-state index is 0.185. The van der Waals surface area contributed by atoms with Crippen LogP contribution in [0.1, 0.15) is 72.1 Å². The van der Waals surface area contributed by atoms with E-state index in [-0.39, 0.29) is 24.2 Å². The van der Waals surface area contributed by atoms with Crippen LogP contribution < -0.4 is 0 Å². The second kappa shape index (κ2) is 9.17. The summed E-state index contributed by atoms with van der Waals surface area (Å²) >= 11 is 0. The maximum atomic E-state index is 12.1. The first-order valence-electron chi connectivity index (χ1n) is 8.44. The van der Waals surface area contributed by atoms with Gasteiger partial charge in [0.1, 0.15) is 0 Å². The molecule has 1 N–H and O–H groups in total. The molecule has 0 radical (unpaired) electrons. The highest BCUT2D eigenvalue weighted by molar-refractivity contribution is 6.20. The van der Waals surface area contributed by atoms with Crippen LogP contribution in [0.3, 0.4) is 0 Å². The lowest BCUT2D eigenvalue weighted by molar-refractivity contribution is -0.168. The Balaban J connectivity index is 1.67. The summed E-state index contributed by atoms with van der Waals surface area (Å²) in [6, 6.07) is 6.41. The summed E-state index contributed by atoms with van der Waals surface area (Å²) in [7, 11) is 0. The molecule has 2 amide bonds. The van der Waals surface area contributed by atoms with Crippen molar-refractivity contribution in [2.24, 2.45) is 0 Å². The van der Waals surface area contributed by atoms with Gasteiger partial charge in [-0.3, -0.25) is 9.59 Å². The van der Waals surface area contributed by atoms with Gasteiger partial charge >= 0.3 is 5.97 Å². The molecule has 0 aliphatic carbocycles. The lowest BCUT2D eigenvalue weighted by atomic mass is 10.1. The zero-order chi connectivity index (χ0) is 17.4. The van der Waals surface area contributed by atoms with Crippen molar-refractivity contribution in [3.63, 3.8) is 0 Å². The Morgan fingerprint density at radius 3 is 1.92 bits per heavy atom. The van der Waals surface area contributed by atoms with Gasteiger partial charge in [-0.15, -0.1) is 0 Å². The first-order chi connectivity index (χ1) is 11.6. The van der Waals surface area contributed by atoms with E-state index < -0.39 is 17.8 Å². The second-order valence-corrected chi connectivity index (χ2v) is 5.86. The number of aliphatic hydroxyl groups is 1. The highest BCUT2D eigenvalue weighted by atomic mass is 16.7. The topological polar surface area (TPSA) is 83.9 Å². The predicted octanol–water partition coefficient (Wildman–Crippen LogP) is 2.85. The minimum Gasteiger partial charge on any atom is -0.396 e. The second-order valence-electron chi connectivity index (χ2n) is 5.86. The Bertz CT molecular complexity index is 564. The predicted molar refractivity (Wildman–Crippen MR) is 87.1 cm³/mol. The third-order valence-electron chi connectivity index (χ3n) is 3.99. The third kappa shape index (κ3) is 4.64. The summed E-state index contributed by atoms with van der Waals surface area (Å²) in [4.78, 5) is 40.9. The molecule has 24 heavy (non-hydrogen) atoms. The summed E-state index contributed by atoms with van der Waals surface area (Å²) in [5.41, 5.74) is 0.524. The van der Waals surface area contributed by atoms with E-state index in [0.29, 0.717) is 11.5 Å². The number of carbonyl (C=O) groups is 3. The lowest BCUT2D eigenvalue weighted by Crippen LogP contribution is -2.32. The average molecular weight is 333 g/mol. The summed E-state index contributed by atoms with van der Waals surface area (Å²) in [5, 5.41) is 9.23. The molecule has 0 saturated carbocycles. The molecule has 0 atom stereocenters. The van der Waals surface area contributed by atoms with E-state index in [1.54, 1.807) is 24.3 Å². The number of rotatable bonds is 10. The van der Waals surface area contributed by atoms with Crippen LogP contribution in [0.25, 0.3) is 0 Å². The molecule has 2 rings (SSSR count). The molecule has 1 aliphatic heterocycles. The summed E-state index contributed by atoms with van der Waals surface area (Å²) in [6.07, 6.45) is 6.80. The molecule has 0 bridgehead atoms. The molecule has 1 aliphatic rings. The number of hydrogen-bond acceptors (Lipinski definition) is 5. The van der Waals surface area contributed by atoms with E-state index >= 15 is 0 Å². The van der Waals surface area contributed by atoms with E-state index in [1.165, 1.54) is 0 Å². The maximum Gasteiger partial charge on any atom is 0.333 e. The quantitative estimate of drug-likeness (QED) is 0.526. The highest BCUT2D eigenvalue weighted by Crippen LogP contribution is 2.23. The number of carbonyl (C=O) groups excluding carboxylic acids is 3. The fraction of sp³-hybridized carbons (Fsp3) is 0.500. The Morgan fingerprint density at radius 1 is 0.875 bits per heavy atom. The molecule has 0 spiro atoms. The molecule has 0 fully saturated rings. The number of hydroxylamine groups is 2. The van der Waals surface area contributed by atoms with Gasteiger partial charge in [-0.05, 0) is 25.0 Å². The number of imide groups is 1. The van der Waals surface area contributed by atoms with Gasteiger partial charge in [-0.1, -0.05) is 49.3 Å². The van der Waals surface area contributed by atoms with Crippen LogP contribution in [0.5, 0.6) is 0 Å². The standard InChI is InChI=1S/C18H23NO5/c20-13-9-5-3-1-2-4-6-12-16(21)24-19-17(22)14-10-7-8-11-15(14)18(19)23/h7-8,10-11,20H,1-6,9,12-13H2. The molecular formula is C18H23NO5. The van der Waals surface area contributed by atoms with Crippen molar-refractivity contribution in [1.29, 1.82) is 0 Å². The number of nitrogens with zero attached hydrogens (tertiary/aromatic N) is 1. The number of aliphatic hydroxyl groups excluding tert-OH is 1. The van der Waals surface area contributed by atoms with Crippen LogP contribution in [0.15, 0.2) is 24.3 Å². The molecule has 1 aromatic carbocycles. The molecule has 1 heterocycles. The van der Waals surface area contributed by atoms with Gasteiger partial charge in [0.25, 0.3) is 11.8 Å². The van der Waals surface area contributed by atoms with Crippen molar-refractivity contribution < 1.29 is 24.3 Å². The molecular weight excluding hydrogens is 310 g/mol. The summed E-state index contributed by atoms with van der Waals surface area (Å²) < 4.78 is 0. The molecule has 0 aromatic heterocycles. The Labute approximate surface area is 141 Å². The van der Waals surface area contributed by atoms with Crippen molar-refractivity contribution in [3.8, 4) is 0 Å². The monoisotopic (exact) mass is 333 g/mol. The van der Waals surface area contributed by atoms with Crippen LogP contribution in [0.4, 0.5) is 0 Å². The van der Waals surface area contributed by atoms with Gasteiger partial charge in [0.05, 0.1) is 11.1 Å². The summed E-state index contributed by atoms with van der Waals surface area (Å²) in [6.45, 7) is 0.240. The molecule has 0 saturated heterocycles. The van der Waals surface area contributed by atoms with Gasteiger partial charge in [0.15, 0.2) is 0 Å². The normalized spacial score (nSPS) is 13.3. The molecule has 6 nitrogen and oxygen atoms in total. The SMILES string of the molecule is O=C(CCCCCCCCCO)ON1C(=O)c2ccccc2C1=O. The van der Waals surface area contributed by atoms with Gasteiger partial charge < -0.3 is 9.94 Å². The van der Waals surface area contributed by atoms with Crippen molar-refractivity contribution >= 4 is 17.8 Å². The van der Waals surface area contributed by atoms with Crippen LogP contribution in [0.2, 0.25) is 0 Å². The van der Waals surface area contributed by atoms with E-state index in [2.05, 4.69) is 0 Å². The van der Waals surface area contributed by atoms with Gasteiger partial charge in [0, 0.05) is 13.0 Å². The minimum atomic E-state index is -0.590. The van der Waals surface area contributed by atoms with Crippen LogP contribution in [-0.4, -0.2) is 34.6 Å². The molecule has 0 unspecified atom stereocenters. The largest absolute Gasteiger partial charge is 0.396 e. The Hall–Kier alpha value is -2.21. The van der Waals surface area contributed by atoms with Crippen molar-refractivity contribution in [2.45, 2.75) is 51.4 Å². The van der Waals surface area contributed by atoms with Crippen LogP contribution in [-0.2, 0) is 9.63 Å². The number of hydrogen-bond donors (Lipinski definition) is 1. The maximum absolute atomic E-state index is 12.1. The van der Waals surface area contributed by atoms with Gasteiger partial charge in [-0.25, -0.2) is 4.79 Å². The van der Waals surface area contributed by atoms with Crippen molar-refractivity contribution in [1.82, 2.24) is 5.06 Å². The smallest absolute Gasteiger partial charge is 0.333 e. The zero-order valence-corrected chi connectivity index (χ0v) is 13.7. The van der Waals surface area contributed by atoms with E-state index in [9.17, 15) is 14.4 Å². The Kier molecular flexibility index (Phi) is 6.93. The molecule has 6 heteroatoms. The fourth-order valence-electron chi connectivity index (χ4n) is 2.66. The van der Waals surface area contributed by atoms with Crippen LogP contribution >= 0.6 is 0 Å². The average Bonchev–Trinajstić information content (AvgIpc) is 2.83. The third-order valence-corrected chi connectivity index (χ3v) is 3.99. The number of unbranched alkanes of at least 4 members (excludes halogenated alkanes) is 6. The summed E-state index contributed by atoms with van der Waals surface area (Å²) in [5.74, 6) is -1.74. The lowest BCUT2D eigenvalue weighted by Gasteiger charge is -2.12. The zero-order valence-electron chi connectivity index (χ0n) is 13.7. The number of benzene rings is 1. The van der Waals surface area contributed by atoms with E-state index in [0.717, 1.165) is 38.5 Å². The van der Waals surface area contributed by atoms with Crippen molar-refractivity contribution in [2.75, 3.05) is 6.61 Å². The molecule has 1 aromatic rings.